The van der Waals surface area contributed by atoms with Gasteiger partial charge in [0.1, 0.15) is 12.0 Å². The van der Waals surface area contributed by atoms with E-state index in [-0.39, 0.29) is 11.0 Å². The monoisotopic (exact) mass is 227 g/mol. The van der Waals surface area contributed by atoms with Gasteiger partial charge >= 0.3 is 0 Å². The maximum Gasteiger partial charge on any atom is 0.155 e. The zero-order valence-electron chi connectivity index (χ0n) is 8.00. The second kappa shape index (κ2) is 4.40. The minimum atomic E-state index is -0.692. The zero-order valence-corrected chi connectivity index (χ0v) is 8.81. The molecule has 1 fully saturated rings. The van der Waals surface area contributed by atoms with Crippen LogP contribution in [0.5, 0.6) is 5.75 Å². The first kappa shape index (κ1) is 10.8. The third kappa shape index (κ3) is 2.63. The minimum Gasteiger partial charge on any atom is -0.508 e. The molecule has 0 amide bonds. The predicted molar refractivity (Wildman–Crippen MR) is 58.3 cm³/mol. The standard InChI is InChI=1S/C10H13NO3S/c12-7-3-1-6(2-4-7)5-8-9(13)11-10(14)15-8/h1-4,8-14H,5H2. The third-order valence-corrected chi connectivity index (χ3v) is 3.51. The molecule has 5 heteroatoms. The highest BCUT2D eigenvalue weighted by molar-refractivity contribution is 8.00. The Morgan fingerprint density at radius 2 is 1.87 bits per heavy atom. The van der Waals surface area contributed by atoms with Crippen LogP contribution in [0.15, 0.2) is 24.3 Å². The molecular formula is C10H13NO3S. The van der Waals surface area contributed by atoms with Crippen molar-refractivity contribution in [2.45, 2.75) is 23.5 Å². The van der Waals surface area contributed by atoms with Crippen LogP contribution in [0, 0.1) is 0 Å². The first-order valence-electron chi connectivity index (χ1n) is 4.71. The van der Waals surface area contributed by atoms with E-state index in [1.54, 1.807) is 12.1 Å². The van der Waals surface area contributed by atoms with E-state index in [9.17, 15) is 10.2 Å². The number of phenolic OH excluding ortho intramolecular Hbond substituents is 1. The average molecular weight is 227 g/mol. The minimum absolute atomic E-state index is 0.0513. The van der Waals surface area contributed by atoms with Crippen molar-refractivity contribution in [3.05, 3.63) is 29.8 Å². The summed E-state index contributed by atoms with van der Waals surface area (Å²) >= 11 is 1.30. The maximum atomic E-state index is 9.53. The second-order valence-electron chi connectivity index (χ2n) is 3.51. The summed E-state index contributed by atoms with van der Waals surface area (Å²) in [4.78, 5) is 0. The molecule has 2 rings (SSSR count). The summed E-state index contributed by atoms with van der Waals surface area (Å²) in [7, 11) is 0. The summed E-state index contributed by atoms with van der Waals surface area (Å²) in [5.41, 5.74) is 0.336. The lowest BCUT2D eigenvalue weighted by Crippen LogP contribution is -2.33. The fourth-order valence-corrected chi connectivity index (χ4v) is 2.62. The first-order chi connectivity index (χ1) is 7.15. The van der Waals surface area contributed by atoms with E-state index in [4.69, 9.17) is 5.11 Å². The van der Waals surface area contributed by atoms with Crippen molar-refractivity contribution in [2.24, 2.45) is 0 Å². The fraction of sp³-hybridized carbons (Fsp3) is 0.400. The number of benzene rings is 1. The average Bonchev–Trinajstić information content (AvgIpc) is 2.49. The van der Waals surface area contributed by atoms with Crippen LogP contribution < -0.4 is 5.32 Å². The van der Waals surface area contributed by atoms with Crippen LogP contribution in [0.4, 0.5) is 0 Å². The molecule has 1 aliphatic heterocycles. The van der Waals surface area contributed by atoms with Gasteiger partial charge in [-0.3, -0.25) is 5.32 Å². The number of aromatic hydroxyl groups is 1. The van der Waals surface area contributed by atoms with Crippen molar-refractivity contribution in [1.82, 2.24) is 5.32 Å². The van der Waals surface area contributed by atoms with E-state index in [0.717, 1.165) is 5.56 Å². The molecule has 4 N–H and O–H groups in total. The van der Waals surface area contributed by atoms with Gasteiger partial charge in [0.15, 0.2) is 5.56 Å². The summed E-state index contributed by atoms with van der Waals surface area (Å²) in [5.74, 6) is 0.233. The third-order valence-electron chi connectivity index (χ3n) is 2.34. The highest BCUT2D eigenvalue weighted by Crippen LogP contribution is 2.27. The predicted octanol–water partition coefficient (Wildman–Crippen LogP) is 0.234. The Labute approximate surface area is 91.9 Å². The molecule has 0 saturated carbocycles. The van der Waals surface area contributed by atoms with E-state index in [2.05, 4.69) is 5.32 Å². The van der Waals surface area contributed by atoms with Gasteiger partial charge < -0.3 is 15.3 Å². The largest absolute Gasteiger partial charge is 0.508 e. The van der Waals surface area contributed by atoms with Gasteiger partial charge in [-0.25, -0.2) is 0 Å². The number of hydrogen-bond acceptors (Lipinski definition) is 5. The van der Waals surface area contributed by atoms with Crippen molar-refractivity contribution < 1.29 is 15.3 Å². The lowest BCUT2D eigenvalue weighted by atomic mass is 10.1. The van der Waals surface area contributed by atoms with Crippen LogP contribution in [0.25, 0.3) is 0 Å². The molecule has 0 aromatic heterocycles. The van der Waals surface area contributed by atoms with Crippen molar-refractivity contribution in [3.63, 3.8) is 0 Å². The van der Waals surface area contributed by atoms with E-state index >= 15 is 0 Å². The summed E-state index contributed by atoms with van der Waals surface area (Å²) in [6.07, 6.45) is -0.0188. The number of rotatable bonds is 2. The molecule has 3 atom stereocenters. The van der Waals surface area contributed by atoms with E-state index in [1.807, 2.05) is 12.1 Å². The normalized spacial score (nSPS) is 30.7. The summed E-state index contributed by atoms with van der Waals surface area (Å²) < 4.78 is 0. The molecule has 0 radical (unpaired) electrons. The Kier molecular flexibility index (Phi) is 3.16. The van der Waals surface area contributed by atoms with Gasteiger partial charge in [0, 0.05) is 0 Å². The van der Waals surface area contributed by atoms with Gasteiger partial charge in [-0.15, -0.1) is 11.8 Å². The van der Waals surface area contributed by atoms with Crippen molar-refractivity contribution in [2.75, 3.05) is 0 Å². The van der Waals surface area contributed by atoms with Gasteiger partial charge in [-0.1, -0.05) is 12.1 Å². The number of nitrogens with one attached hydrogen (secondary N) is 1. The Morgan fingerprint density at radius 1 is 1.20 bits per heavy atom. The van der Waals surface area contributed by atoms with Crippen LogP contribution in [0.1, 0.15) is 5.56 Å². The number of thioether (sulfide) groups is 1. The quantitative estimate of drug-likeness (QED) is 0.582. The van der Waals surface area contributed by atoms with Crippen LogP contribution >= 0.6 is 11.8 Å². The lowest BCUT2D eigenvalue weighted by Gasteiger charge is -2.12. The molecule has 3 unspecified atom stereocenters. The van der Waals surface area contributed by atoms with E-state index in [0.29, 0.717) is 6.42 Å². The number of hydrogen-bond donors (Lipinski definition) is 4. The highest BCUT2D eigenvalue weighted by atomic mass is 32.2. The van der Waals surface area contributed by atoms with Gasteiger partial charge in [0.05, 0.1) is 5.25 Å². The first-order valence-corrected chi connectivity index (χ1v) is 5.65. The summed E-state index contributed by atoms with van der Waals surface area (Å²) in [6, 6.07) is 6.86. The van der Waals surface area contributed by atoms with E-state index < -0.39 is 11.8 Å². The number of phenols is 1. The van der Waals surface area contributed by atoms with Gasteiger partial charge in [-0.2, -0.15) is 0 Å². The molecule has 0 aliphatic carbocycles. The Hall–Kier alpha value is -0.750. The molecule has 0 bridgehead atoms. The number of aliphatic hydroxyl groups excluding tert-OH is 2. The fourth-order valence-electron chi connectivity index (χ4n) is 1.56. The molecule has 1 aromatic rings. The summed E-state index contributed by atoms with van der Waals surface area (Å²) in [5, 5.41) is 30.5. The van der Waals surface area contributed by atoms with Gasteiger partial charge in [0.2, 0.25) is 0 Å². The van der Waals surface area contributed by atoms with Crippen molar-refractivity contribution >= 4 is 11.8 Å². The van der Waals surface area contributed by atoms with Crippen molar-refractivity contribution in [1.29, 1.82) is 0 Å². The Balaban J connectivity index is 2.00. The van der Waals surface area contributed by atoms with Crippen LogP contribution in [0.2, 0.25) is 0 Å². The molecule has 1 aliphatic rings. The van der Waals surface area contributed by atoms with Crippen LogP contribution in [0.3, 0.4) is 0 Å². The molecular weight excluding hydrogens is 214 g/mol. The highest BCUT2D eigenvalue weighted by Gasteiger charge is 2.31. The van der Waals surface area contributed by atoms with Crippen LogP contribution in [-0.2, 0) is 6.42 Å². The topological polar surface area (TPSA) is 72.7 Å². The molecule has 1 aromatic carbocycles. The van der Waals surface area contributed by atoms with Gasteiger partial charge in [-0.05, 0) is 24.1 Å². The maximum absolute atomic E-state index is 9.53. The van der Waals surface area contributed by atoms with Crippen LogP contribution in [-0.4, -0.2) is 32.4 Å². The molecule has 1 saturated heterocycles. The molecule has 1 heterocycles. The zero-order chi connectivity index (χ0) is 10.8. The van der Waals surface area contributed by atoms with Gasteiger partial charge in [0.25, 0.3) is 0 Å². The van der Waals surface area contributed by atoms with E-state index in [1.165, 1.54) is 11.8 Å². The molecule has 4 nitrogen and oxygen atoms in total. The SMILES string of the molecule is Oc1ccc(CC2SC(O)NC2O)cc1. The molecule has 82 valence electrons. The molecule has 0 spiro atoms. The second-order valence-corrected chi connectivity index (χ2v) is 4.83. The van der Waals surface area contributed by atoms with Crippen molar-refractivity contribution in [3.8, 4) is 5.75 Å². The number of aliphatic hydroxyl groups is 2. The molecule has 15 heavy (non-hydrogen) atoms. The lowest BCUT2D eigenvalue weighted by molar-refractivity contribution is 0.0996. The smallest absolute Gasteiger partial charge is 0.155 e. The Bertz CT molecular complexity index is 330. The Morgan fingerprint density at radius 3 is 2.40 bits per heavy atom. The summed E-state index contributed by atoms with van der Waals surface area (Å²) in [6.45, 7) is 0.